The van der Waals surface area contributed by atoms with Crippen LogP contribution in [-0.4, -0.2) is 29.9 Å². The number of nitro benzene ring substituents is 1. The molecule has 38 heavy (non-hydrogen) atoms. The zero-order chi connectivity index (χ0) is 27.6. The number of ether oxygens (including phenoxy) is 2. The number of aryl methyl sites for hydroxylation is 1. The zero-order valence-corrected chi connectivity index (χ0v) is 23.7. The highest BCUT2D eigenvalue weighted by molar-refractivity contribution is 14.1. The molecule has 1 aliphatic heterocycles. The fraction of sp³-hybridized carbons (Fsp3) is 0.115. The van der Waals surface area contributed by atoms with E-state index < -0.39 is 22.8 Å². The maximum atomic E-state index is 13.2. The van der Waals surface area contributed by atoms with Crippen LogP contribution in [0.25, 0.3) is 6.08 Å². The van der Waals surface area contributed by atoms with Gasteiger partial charge in [-0.05, 0) is 94.7 Å². The second kappa shape index (κ2) is 11.3. The highest BCUT2D eigenvalue weighted by Crippen LogP contribution is 2.36. The minimum atomic E-state index is -0.832. The van der Waals surface area contributed by atoms with E-state index in [2.05, 4.69) is 21.2 Å². The van der Waals surface area contributed by atoms with Gasteiger partial charge in [0, 0.05) is 16.6 Å². The van der Waals surface area contributed by atoms with Crippen molar-refractivity contribution >= 4 is 73.8 Å². The zero-order valence-electron chi connectivity index (χ0n) is 20.0. The Kier molecular flexibility index (Phi) is 8.11. The summed E-state index contributed by atoms with van der Waals surface area (Å²) in [5.41, 5.74) is 2.10. The van der Waals surface area contributed by atoms with Crippen LogP contribution >= 0.6 is 38.5 Å². The molecule has 0 unspecified atom stereocenters. The van der Waals surface area contributed by atoms with E-state index >= 15 is 0 Å². The summed E-state index contributed by atoms with van der Waals surface area (Å²) in [6.45, 7) is 1.96. The van der Waals surface area contributed by atoms with Gasteiger partial charge in [-0.2, -0.15) is 0 Å². The molecule has 1 fully saturated rings. The molecule has 1 N–H and O–H groups in total. The molecule has 10 nitrogen and oxygen atoms in total. The average molecular weight is 692 g/mol. The molecule has 0 saturated carbocycles. The van der Waals surface area contributed by atoms with Crippen molar-refractivity contribution < 1.29 is 28.8 Å². The second-order valence-electron chi connectivity index (χ2n) is 8.14. The van der Waals surface area contributed by atoms with Gasteiger partial charge >= 0.3 is 6.03 Å². The Morgan fingerprint density at radius 2 is 1.82 bits per heavy atom. The molecule has 0 aliphatic carbocycles. The number of halogens is 2. The number of nitrogens with zero attached hydrogens (tertiary/aromatic N) is 2. The Balaban J connectivity index is 1.61. The number of amides is 4. The number of non-ortho nitro benzene ring substituents is 1. The molecule has 12 heteroatoms. The van der Waals surface area contributed by atoms with Crippen LogP contribution in [-0.2, 0) is 16.2 Å². The van der Waals surface area contributed by atoms with E-state index in [1.165, 1.54) is 25.3 Å². The molecule has 194 valence electrons. The maximum absolute atomic E-state index is 13.2. The van der Waals surface area contributed by atoms with Crippen LogP contribution in [0.4, 0.5) is 16.2 Å². The molecular weight excluding hydrogens is 673 g/mol. The minimum absolute atomic E-state index is 0.0184. The third-order valence-corrected chi connectivity index (χ3v) is 7.29. The van der Waals surface area contributed by atoms with Gasteiger partial charge in [-0.3, -0.25) is 25.0 Å². The number of barbiturate groups is 1. The summed E-state index contributed by atoms with van der Waals surface area (Å²) >= 11 is 5.43. The molecule has 0 bridgehead atoms. The molecule has 4 rings (SSSR count). The number of imide groups is 2. The number of carbonyl (C=O) groups is 3. The minimum Gasteiger partial charge on any atom is -0.493 e. The van der Waals surface area contributed by atoms with Crippen LogP contribution in [0.5, 0.6) is 11.5 Å². The molecular formula is C26H19BrIN3O7. The summed E-state index contributed by atoms with van der Waals surface area (Å²) in [4.78, 5) is 49.6. The number of urea groups is 1. The SMILES string of the molecule is COc1cc(/C=C2\C(=O)NC(=O)N(c3ccc(Br)c(C)c3)C2=O)cc(I)c1OCc1ccc([N+](=O)[O-])cc1. The highest BCUT2D eigenvalue weighted by atomic mass is 127. The molecule has 0 radical (unpaired) electrons. The summed E-state index contributed by atoms with van der Waals surface area (Å²) in [6, 6.07) is 13.4. The number of nitro groups is 1. The lowest BCUT2D eigenvalue weighted by atomic mass is 10.1. The first-order chi connectivity index (χ1) is 18.1. The molecule has 0 spiro atoms. The van der Waals surface area contributed by atoms with Gasteiger partial charge in [-0.15, -0.1) is 0 Å². The Bertz CT molecular complexity index is 1510. The van der Waals surface area contributed by atoms with E-state index in [0.29, 0.717) is 26.3 Å². The van der Waals surface area contributed by atoms with Gasteiger partial charge in [0.05, 0.1) is 21.3 Å². The predicted octanol–water partition coefficient (Wildman–Crippen LogP) is 5.52. The van der Waals surface area contributed by atoms with Crippen molar-refractivity contribution in [2.75, 3.05) is 12.0 Å². The normalized spacial score (nSPS) is 14.5. The van der Waals surface area contributed by atoms with E-state index in [1.807, 2.05) is 29.5 Å². The molecule has 1 aliphatic rings. The van der Waals surface area contributed by atoms with Crippen LogP contribution in [0.3, 0.4) is 0 Å². The fourth-order valence-electron chi connectivity index (χ4n) is 3.66. The Morgan fingerprint density at radius 1 is 1.11 bits per heavy atom. The van der Waals surface area contributed by atoms with Crippen LogP contribution in [0, 0.1) is 20.6 Å². The summed E-state index contributed by atoms with van der Waals surface area (Å²) in [5, 5.41) is 13.1. The largest absolute Gasteiger partial charge is 0.493 e. The topological polar surface area (TPSA) is 128 Å². The van der Waals surface area contributed by atoms with Gasteiger partial charge < -0.3 is 9.47 Å². The smallest absolute Gasteiger partial charge is 0.335 e. The van der Waals surface area contributed by atoms with E-state index in [0.717, 1.165) is 20.5 Å². The van der Waals surface area contributed by atoms with Crippen molar-refractivity contribution in [1.29, 1.82) is 0 Å². The lowest BCUT2D eigenvalue weighted by Crippen LogP contribution is -2.54. The average Bonchev–Trinajstić information content (AvgIpc) is 2.87. The van der Waals surface area contributed by atoms with Crippen molar-refractivity contribution in [2.45, 2.75) is 13.5 Å². The van der Waals surface area contributed by atoms with Gasteiger partial charge in [0.1, 0.15) is 12.2 Å². The van der Waals surface area contributed by atoms with Crippen molar-refractivity contribution in [3.63, 3.8) is 0 Å². The third-order valence-electron chi connectivity index (χ3n) is 5.59. The third kappa shape index (κ3) is 5.70. The van der Waals surface area contributed by atoms with Gasteiger partial charge in [-0.1, -0.05) is 15.9 Å². The monoisotopic (exact) mass is 691 g/mol. The van der Waals surface area contributed by atoms with E-state index in [4.69, 9.17) is 9.47 Å². The number of methoxy groups -OCH3 is 1. The molecule has 1 heterocycles. The highest BCUT2D eigenvalue weighted by Gasteiger charge is 2.37. The number of nitrogens with one attached hydrogen (secondary N) is 1. The van der Waals surface area contributed by atoms with Gasteiger partial charge in [0.2, 0.25) is 0 Å². The molecule has 3 aromatic carbocycles. The molecule has 3 aromatic rings. The molecule has 0 atom stereocenters. The van der Waals surface area contributed by atoms with Gasteiger partial charge in [-0.25, -0.2) is 9.69 Å². The number of hydrogen-bond acceptors (Lipinski definition) is 7. The first-order valence-corrected chi connectivity index (χ1v) is 12.9. The standard InChI is InChI=1S/C26H19BrIN3O7/c1-14-9-18(7-8-20(14)27)30-25(33)19(24(32)29-26(30)34)10-16-11-21(28)23(22(12-16)37-2)38-13-15-3-5-17(6-4-15)31(35)36/h3-12H,13H2,1-2H3,(H,29,32,34)/b19-10+. The van der Waals surface area contributed by atoms with Crippen LogP contribution in [0.1, 0.15) is 16.7 Å². The lowest BCUT2D eigenvalue weighted by molar-refractivity contribution is -0.384. The summed E-state index contributed by atoms with van der Waals surface area (Å²) < 4.78 is 12.8. The summed E-state index contributed by atoms with van der Waals surface area (Å²) in [5.74, 6) is -0.786. The van der Waals surface area contributed by atoms with E-state index in [-0.39, 0.29) is 17.9 Å². The summed E-state index contributed by atoms with van der Waals surface area (Å²) in [7, 11) is 1.45. The van der Waals surface area contributed by atoms with Crippen LogP contribution < -0.4 is 19.7 Å². The lowest BCUT2D eigenvalue weighted by Gasteiger charge is -2.26. The maximum Gasteiger partial charge on any atom is 0.335 e. The van der Waals surface area contributed by atoms with Crippen LogP contribution in [0.2, 0.25) is 0 Å². The first kappa shape index (κ1) is 27.3. The predicted molar refractivity (Wildman–Crippen MR) is 151 cm³/mol. The fourth-order valence-corrected chi connectivity index (χ4v) is 4.69. The number of hydrogen-bond donors (Lipinski definition) is 1. The second-order valence-corrected chi connectivity index (χ2v) is 10.2. The van der Waals surface area contributed by atoms with Crippen molar-refractivity contribution in [3.8, 4) is 11.5 Å². The van der Waals surface area contributed by atoms with Crippen molar-refractivity contribution in [1.82, 2.24) is 5.32 Å². The molecule has 0 aromatic heterocycles. The molecule has 4 amide bonds. The number of anilines is 1. The van der Waals surface area contributed by atoms with Crippen molar-refractivity contribution in [2.24, 2.45) is 0 Å². The number of benzene rings is 3. The Hall–Kier alpha value is -3.78. The van der Waals surface area contributed by atoms with Gasteiger partial charge in [0.15, 0.2) is 11.5 Å². The van der Waals surface area contributed by atoms with Crippen LogP contribution in [0.15, 0.2) is 64.6 Å². The quantitative estimate of drug-likeness (QED) is 0.114. The van der Waals surface area contributed by atoms with E-state index in [9.17, 15) is 24.5 Å². The van der Waals surface area contributed by atoms with Crippen molar-refractivity contribution in [3.05, 3.63) is 95.0 Å². The van der Waals surface area contributed by atoms with E-state index in [1.54, 1.807) is 42.5 Å². The number of carbonyl (C=O) groups excluding carboxylic acids is 3. The Labute approximate surface area is 239 Å². The summed E-state index contributed by atoms with van der Waals surface area (Å²) in [6.07, 6.45) is 1.38. The van der Waals surface area contributed by atoms with Gasteiger partial charge in [0.25, 0.3) is 17.5 Å². The Morgan fingerprint density at radius 3 is 2.45 bits per heavy atom. The number of rotatable bonds is 7. The molecule has 1 saturated heterocycles. The first-order valence-electron chi connectivity index (χ1n) is 11.0.